The molecular formula is C57H67N7O11S. The minimum Gasteiger partial charge on any atom is -0.491 e. The number of ether oxygens (including phenoxy) is 5. The molecule has 1 aliphatic rings. The van der Waals surface area contributed by atoms with Crippen LogP contribution in [0.25, 0.3) is 43.4 Å². The number of benzene rings is 4. The summed E-state index contributed by atoms with van der Waals surface area (Å²) in [7, 11) is 0. The minimum atomic E-state index is -0.978. The maximum Gasteiger partial charge on any atom is 0.249 e. The molecule has 0 radical (unpaired) electrons. The molecule has 3 aromatic heterocycles. The first-order valence-electron chi connectivity index (χ1n) is 25.4. The van der Waals surface area contributed by atoms with E-state index in [1.165, 1.54) is 4.90 Å². The molecule has 5 N–H and O–H groups in total. The highest BCUT2D eigenvalue weighted by Crippen LogP contribution is 2.39. The highest BCUT2D eigenvalue weighted by Gasteiger charge is 2.44. The quantitative estimate of drug-likeness (QED) is 0.0428. The van der Waals surface area contributed by atoms with Crippen LogP contribution in [0.5, 0.6) is 5.75 Å². The summed E-state index contributed by atoms with van der Waals surface area (Å²) < 4.78 is 36.3. The zero-order valence-corrected chi connectivity index (χ0v) is 44.7. The SMILES string of the molecule is Cc1ncsc1-c1ccc(CNC(=O)[C@@H]2C[C@@H](O)CN2C(=O)C(NC(=O)COCCOCCOCCOCCOc2ccc3c(c2)c2c(C(N)=O)cc(-c4c(C)noc4C)cc2n3Cc2ccccc2)C(C)(C)C)cc1. The molecule has 7 aromatic rings. The lowest BCUT2D eigenvalue weighted by Gasteiger charge is -2.35. The lowest BCUT2D eigenvalue weighted by molar-refractivity contribution is -0.144. The number of carbonyl (C=O) groups excluding carboxylic acids is 4. The van der Waals surface area contributed by atoms with E-state index < -0.39 is 41.3 Å². The highest BCUT2D eigenvalue weighted by atomic mass is 32.1. The van der Waals surface area contributed by atoms with E-state index in [1.54, 1.807) is 11.3 Å². The van der Waals surface area contributed by atoms with Crippen LogP contribution in [0.3, 0.4) is 0 Å². The van der Waals surface area contributed by atoms with E-state index in [2.05, 4.69) is 43.5 Å². The summed E-state index contributed by atoms with van der Waals surface area (Å²) >= 11 is 1.57. The predicted octanol–water partition coefficient (Wildman–Crippen LogP) is 6.90. The van der Waals surface area contributed by atoms with Crippen molar-refractivity contribution in [1.29, 1.82) is 0 Å². The third-order valence-corrected chi connectivity index (χ3v) is 14.2. The number of hydrogen-bond acceptors (Lipinski definition) is 14. The molecule has 19 heteroatoms. The fourth-order valence-corrected chi connectivity index (χ4v) is 10.3. The molecule has 0 saturated carbocycles. The second-order valence-electron chi connectivity index (χ2n) is 19.9. The molecule has 1 aliphatic heterocycles. The van der Waals surface area contributed by atoms with Crippen molar-refractivity contribution in [2.24, 2.45) is 11.1 Å². The minimum absolute atomic E-state index is 0.0256. The van der Waals surface area contributed by atoms with E-state index in [9.17, 15) is 24.3 Å². The number of amides is 4. The van der Waals surface area contributed by atoms with Crippen molar-refractivity contribution in [2.75, 3.05) is 66.0 Å². The number of rotatable bonds is 25. The number of nitrogens with zero attached hydrogens (tertiary/aromatic N) is 4. The molecular weight excluding hydrogens is 991 g/mol. The smallest absolute Gasteiger partial charge is 0.249 e. The lowest BCUT2D eigenvalue weighted by atomic mass is 9.85. The number of primary amides is 1. The van der Waals surface area contributed by atoms with Crippen molar-refractivity contribution < 1.29 is 52.5 Å². The van der Waals surface area contributed by atoms with E-state index in [1.807, 2.05) is 114 Å². The number of carbonyl (C=O) groups is 4. The van der Waals surface area contributed by atoms with E-state index in [-0.39, 0.29) is 51.8 Å². The topological polar surface area (TPSA) is 232 Å². The normalized spacial score (nSPS) is 15.1. The van der Waals surface area contributed by atoms with Crippen molar-refractivity contribution in [3.05, 3.63) is 124 Å². The molecule has 0 spiro atoms. The Morgan fingerprint density at radius 1 is 0.816 bits per heavy atom. The fraction of sp³-hybridized carbons (Fsp3) is 0.404. The first-order chi connectivity index (χ1) is 36.6. The van der Waals surface area contributed by atoms with Crippen LogP contribution in [0.1, 0.15) is 65.8 Å². The van der Waals surface area contributed by atoms with Gasteiger partial charge in [-0.3, -0.25) is 19.2 Å². The van der Waals surface area contributed by atoms with Gasteiger partial charge in [-0.15, -0.1) is 11.3 Å². The van der Waals surface area contributed by atoms with E-state index in [0.717, 1.165) is 65.9 Å². The standard InChI is InChI=1S/C57H67N7O11S/c1-35-50(37(3)75-62-35)41-26-45(54(58)67)51-44-29-43(16-17-46(44)63(47(51)27-41)31-39-10-8-7-9-11-39)74-25-24-72-21-20-70-18-19-71-22-23-73-33-49(66)61-53(57(4,5)6)56(69)64-32-42(65)28-48(64)55(68)59-30-38-12-14-40(15-13-38)52-36(2)60-34-76-52/h7-17,26-27,29,34,42,48,53,65H,18-25,28,30-33H2,1-6H3,(H2,58,67)(H,59,68)(H,61,66)/t42-,48+,53?/m1/s1. The van der Waals surface area contributed by atoms with Gasteiger partial charge in [-0.25, -0.2) is 4.98 Å². The number of hydrogen-bond donors (Lipinski definition) is 4. The molecule has 0 aliphatic carbocycles. The molecule has 1 unspecified atom stereocenters. The molecule has 3 atom stereocenters. The Hall–Kier alpha value is -7.00. The van der Waals surface area contributed by atoms with E-state index in [4.69, 9.17) is 33.9 Å². The van der Waals surface area contributed by atoms with Crippen molar-refractivity contribution in [2.45, 2.75) is 79.2 Å². The Morgan fingerprint density at radius 2 is 1.50 bits per heavy atom. The third kappa shape index (κ3) is 13.5. The Balaban J connectivity index is 0.725. The van der Waals surface area contributed by atoms with E-state index in [0.29, 0.717) is 56.7 Å². The van der Waals surface area contributed by atoms with Gasteiger partial charge in [0.25, 0.3) is 0 Å². The van der Waals surface area contributed by atoms with Gasteiger partial charge in [-0.05, 0) is 78.8 Å². The summed E-state index contributed by atoms with van der Waals surface area (Å²) in [6.07, 6.45) is -0.793. The van der Waals surface area contributed by atoms with Crippen molar-refractivity contribution in [3.63, 3.8) is 0 Å². The molecule has 402 valence electrons. The van der Waals surface area contributed by atoms with Crippen LogP contribution in [-0.2, 0) is 46.4 Å². The molecule has 8 rings (SSSR count). The third-order valence-electron chi connectivity index (χ3n) is 13.3. The van der Waals surface area contributed by atoms with E-state index >= 15 is 0 Å². The average Bonchev–Trinajstić information content (AvgIpc) is 4.22. The molecule has 1 saturated heterocycles. The monoisotopic (exact) mass is 1060 g/mol. The number of nitrogens with two attached hydrogens (primary N) is 1. The number of aromatic nitrogens is 3. The highest BCUT2D eigenvalue weighted by molar-refractivity contribution is 7.13. The molecule has 1 fully saturated rings. The van der Waals surface area contributed by atoms with Crippen LogP contribution in [0.2, 0.25) is 0 Å². The van der Waals surface area contributed by atoms with Gasteiger partial charge in [-0.1, -0.05) is 80.5 Å². The van der Waals surface area contributed by atoms with Crippen LogP contribution in [-0.4, -0.2) is 133 Å². The summed E-state index contributed by atoms with van der Waals surface area (Å²) in [5.74, 6) is -0.599. The zero-order valence-electron chi connectivity index (χ0n) is 43.9. The molecule has 4 aromatic carbocycles. The van der Waals surface area contributed by atoms with Crippen molar-refractivity contribution in [3.8, 4) is 27.3 Å². The number of aliphatic hydroxyl groups is 1. The molecule has 18 nitrogen and oxygen atoms in total. The number of thiazole rings is 1. The summed E-state index contributed by atoms with van der Waals surface area (Å²) in [6.45, 7) is 13.9. The number of aryl methyl sites for hydroxylation is 3. The maximum absolute atomic E-state index is 14.0. The van der Waals surface area contributed by atoms with Gasteiger partial charge in [-0.2, -0.15) is 0 Å². The van der Waals surface area contributed by atoms with Crippen molar-refractivity contribution in [1.82, 2.24) is 30.2 Å². The van der Waals surface area contributed by atoms with Gasteiger partial charge in [0.15, 0.2) is 0 Å². The number of aliphatic hydroxyl groups excluding tert-OH is 1. The van der Waals surface area contributed by atoms with Crippen LogP contribution >= 0.6 is 11.3 Å². The number of nitrogens with one attached hydrogen (secondary N) is 2. The second kappa shape index (κ2) is 25.2. The Kier molecular flexibility index (Phi) is 18.3. The van der Waals surface area contributed by atoms with Gasteiger partial charge >= 0.3 is 0 Å². The fourth-order valence-electron chi connectivity index (χ4n) is 9.49. The van der Waals surface area contributed by atoms with Gasteiger partial charge in [0.1, 0.15) is 36.8 Å². The van der Waals surface area contributed by atoms with Crippen LogP contribution in [0.4, 0.5) is 0 Å². The lowest BCUT2D eigenvalue weighted by Crippen LogP contribution is -2.58. The molecule has 4 heterocycles. The summed E-state index contributed by atoms with van der Waals surface area (Å²) in [5.41, 5.74) is 15.7. The first-order valence-corrected chi connectivity index (χ1v) is 26.3. The Bertz CT molecular complexity index is 3110. The second-order valence-corrected chi connectivity index (χ2v) is 20.8. The first kappa shape index (κ1) is 55.2. The molecule has 76 heavy (non-hydrogen) atoms. The molecule has 0 bridgehead atoms. The van der Waals surface area contributed by atoms with Crippen LogP contribution in [0.15, 0.2) is 95.0 Å². The average molecular weight is 1060 g/mol. The van der Waals surface area contributed by atoms with Gasteiger partial charge in [0.2, 0.25) is 23.6 Å². The summed E-state index contributed by atoms with van der Waals surface area (Å²) in [6, 6.07) is 25.8. The maximum atomic E-state index is 14.0. The van der Waals surface area contributed by atoms with Gasteiger partial charge in [0.05, 0.1) is 79.6 Å². The largest absolute Gasteiger partial charge is 0.491 e. The summed E-state index contributed by atoms with van der Waals surface area (Å²) in [4.78, 5) is 60.3. The molecule has 4 amide bonds. The predicted molar refractivity (Wildman–Crippen MR) is 289 cm³/mol. The number of likely N-dealkylation sites (tertiary alicyclic amines) is 1. The number of β-amino-alcohol motifs (C(OH)–C–C–N with tert-alkyl or cyclic N) is 1. The van der Waals surface area contributed by atoms with Crippen LogP contribution in [0, 0.1) is 26.2 Å². The van der Waals surface area contributed by atoms with Gasteiger partial charge in [0, 0.05) is 53.5 Å². The van der Waals surface area contributed by atoms with Gasteiger partial charge < -0.3 is 59.1 Å². The summed E-state index contributed by atoms with van der Waals surface area (Å²) in [5, 5.41) is 22.0. The Morgan fingerprint density at radius 3 is 2.13 bits per heavy atom. The van der Waals surface area contributed by atoms with Crippen LogP contribution < -0.4 is 21.1 Å². The number of fused-ring (bicyclic) bond motifs is 3. The Labute approximate surface area is 445 Å². The zero-order chi connectivity index (χ0) is 53.9. The van der Waals surface area contributed by atoms with Crippen molar-refractivity contribution >= 4 is 56.8 Å².